The number of hydrogen-bond acceptors (Lipinski definition) is 2. The van der Waals surface area contributed by atoms with Gasteiger partial charge in [-0.05, 0) is 44.9 Å². The van der Waals surface area contributed by atoms with E-state index in [0.717, 1.165) is 12.3 Å². The highest BCUT2D eigenvalue weighted by Gasteiger charge is 2.37. The summed E-state index contributed by atoms with van der Waals surface area (Å²) in [4.78, 5) is 11.1. The lowest BCUT2D eigenvalue weighted by Gasteiger charge is -2.40. The highest BCUT2D eigenvalue weighted by molar-refractivity contribution is 4.85. The SMILES string of the molecule is CC1CCC(C)(C)C(OOC(C)(C)C)C1. The fourth-order valence-corrected chi connectivity index (χ4v) is 1.95. The number of hydrogen-bond donors (Lipinski definition) is 0. The fraction of sp³-hybridized carbons (Fsp3) is 1.00. The van der Waals surface area contributed by atoms with Crippen LogP contribution in [0.4, 0.5) is 0 Å². The molecule has 0 aliphatic heterocycles. The van der Waals surface area contributed by atoms with Crippen LogP contribution in [0, 0.1) is 11.3 Å². The van der Waals surface area contributed by atoms with Crippen molar-refractivity contribution in [3.63, 3.8) is 0 Å². The van der Waals surface area contributed by atoms with Gasteiger partial charge in [-0.25, -0.2) is 9.78 Å². The Bertz CT molecular complexity index is 203. The van der Waals surface area contributed by atoms with Gasteiger partial charge in [-0.2, -0.15) is 0 Å². The zero-order valence-corrected chi connectivity index (χ0v) is 11.1. The molecule has 0 radical (unpaired) electrons. The molecule has 1 fully saturated rings. The second kappa shape index (κ2) is 4.42. The van der Waals surface area contributed by atoms with E-state index < -0.39 is 0 Å². The predicted octanol–water partition coefficient (Wildman–Crippen LogP) is 3.95. The maximum Gasteiger partial charge on any atom is 0.0983 e. The van der Waals surface area contributed by atoms with Gasteiger partial charge in [0.15, 0.2) is 0 Å². The van der Waals surface area contributed by atoms with Gasteiger partial charge in [0.2, 0.25) is 0 Å². The third-order valence-electron chi connectivity index (χ3n) is 3.18. The molecule has 90 valence electrons. The van der Waals surface area contributed by atoms with E-state index in [0.29, 0.717) is 0 Å². The van der Waals surface area contributed by atoms with Gasteiger partial charge in [0, 0.05) is 0 Å². The quantitative estimate of drug-likeness (QED) is 0.512. The van der Waals surface area contributed by atoms with Gasteiger partial charge < -0.3 is 0 Å². The van der Waals surface area contributed by atoms with Crippen molar-refractivity contribution < 1.29 is 9.78 Å². The van der Waals surface area contributed by atoms with Crippen molar-refractivity contribution in [2.45, 2.75) is 72.5 Å². The normalized spacial score (nSPS) is 31.6. The first-order valence-electron chi connectivity index (χ1n) is 6.05. The average molecular weight is 214 g/mol. The molecule has 0 aromatic heterocycles. The summed E-state index contributed by atoms with van der Waals surface area (Å²) in [5.41, 5.74) is 0.0362. The molecule has 0 aromatic rings. The van der Waals surface area contributed by atoms with Gasteiger partial charge in [0.25, 0.3) is 0 Å². The second-order valence-electron chi connectivity index (χ2n) is 6.65. The molecular weight excluding hydrogens is 188 g/mol. The van der Waals surface area contributed by atoms with E-state index in [4.69, 9.17) is 9.78 Å². The lowest BCUT2D eigenvalue weighted by molar-refractivity contribution is -0.392. The molecule has 1 aliphatic rings. The fourth-order valence-electron chi connectivity index (χ4n) is 1.95. The van der Waals surface area contributed by atoms with E-state index in [-0.39, 0.29) is 17.1 Å². The van der Waals surface area contributed by atoms with Gasteiger partial charge >= 0.3 is 0 Å². The monoisotopic (exact) mass is 214 g/mol. The van der Waals surface area contributed by atoms with E-state index in [1.54, 1.807) is 0 Å². The Hall–Kier alpha value is -0.0800. The van der Waals surface area contributed by atoms with Crippen molar-refractivity contribution in [3.8, 4) is 0 Å². The zero-order chi connectivity index (χ0) is 11.7. The third kappa shape index (κ3) is 4.12. The topological polar surface area (TPSA) is 18.5 Å². The second-order valence-corrected chi connectivity index (χ2v) is 6.65. The molecule has 0 N–H and O–H groups in total. The standard InChI is InChI=1S/C13H26O2/c1-10-7-8-13(5,6)11(9-10)14-15-12(2,3)4/h10-11H,7-9H2,1-6H3. The predicted molar refractivity (Wildman–Crippen MR) is 62.5 cm³/mol. The lowest BCUT2D eigenvalue weighted by Crippen LogP contribution is -2.39. The lowest BCUT2D eigenvalue weighted by atomic mass is 9.71. The molecule has 2 heteroatoms. The van der Waals surface area contributed by atoms with E-state index in [9.17, 15) is 0 Å². The zero-order valence-electron chi connectivity index (χ0n) is 11.1. The summed E-state index contributed by atoms with van der Waals surface area (Å²) in [6.07, 6.45) is 3.89. The van der Waals surface area contributed by atoms with Gasteiger partial charge in [-0.3, -0.25) is 0 Å². The van der Waals surface area contributed by atoms with Gasteiger partial charge in [-0.1, -0.05) is 27.2 Å². The molecule has 0 aromatic carbocycles. The van der Waals surface area contributed by atoms with Crippen LogP contribution in [0.15, 0.2) is 0 Å². The van der Waals surface area contributed by atoms with Crippen LogP contribution in [0.25, 0.3) is 0 Å². The first kappa shape index (κ1) is 13.0. The molecule has 1 aliphatic carbocycles. The van der Waals surface area contributed by atoms with Crippen LogP contribution in [0.5, 0.6) is 0 Å². The largest absolute Gasteiger partial charge is 0.232 e. The van der Waals surface area contributed by atoms with Crippen molar-refractivity contribution >= 4 is 0 Å². The van der Waals surface area contributed by atoms with Crippen LogP contribution in [0.3, 0.4) is 0 Å². The van der Waals surface area contributed by atoms with Crippen molar-refractivity contribution in [2.24, 2.45) is 11.3 Å². The molecule has 0 amide bonds. The van der Waals surface area contributed by atoms with Crippen molar-refractivity contribution in [2.75, 3.05) is 0 Å². The molecular formula is C13H26O2. The van der Waals surface area contributed by atoms with Crippen LogP contribution in [-0.2, 0) is 9.78 Å². The first-order chi connectivity index (χ1) is 6.71. The molecule has 1 saturated carbocycles. The molecule has 0 heterocycles. The van der Waals surface area contributed by atoms with Crippen molar-refractivity contribution in [1.29, 1.82) is 0 Å². The molecule has 0 spiro atoms. The minimum absolute atomic E-state index is 0.212. The van der Waals surface area contributed by atoms with Crippen LogP contribution in [-0.4, -0.2) is 11.7 Å². The van der Waals surface area contributed by atoms with Crippen LogP contribution >= 0.6 is 0 Å². The first-order valence-corrected chi connectivity index (χ1v) is 6.05. The molecule has 0 bridgehead atoms. The Morgan fingerprint density at radius 2 is 1.80 bits per heavy atom. The minimum atomic E-state index is -0.212. The highest BCUT2D eigenvalue weighted by atomic mass is 17.2. The smallest absolute Gasteiger partial charge is 0.0983 e. The molecule has 2 atom stereocenters. The summed E-state index contributed by atoms with van der Waals surface area (Å²) in [7, 11) is 0. The van der Waals surface area contributed by atoms with Crippen LogP contribution < -0.4 is 0 Å². The molecule has 2 unspecified atom stereocenters. The molecule has 15 heavy (non-hydrogen) atoms. The van der Waals surface area contributed by atoms with Crippen LogP contribution in [0.2, 0.25) is 0 Å². The maximum absolute atomic E-state index is 5.63. The van der Waals surface area contributed by atoms with Crippen LogP contribution in [0.1, 0.15) is 60.8 Å². The van der Waals surface area contributed by atoms with Crippen molar-refractivity contribution in [1.82, 2.24) is 0 Å². The van der Waals surface area contributed by atoms with E-state index in [1.165, 1.54) is 12.8 Å². The van der Waals surface area contributed by atoms with E-state index in [1.807, 2.05) is 20.8 Å². The Labute approximate surface area is 94.3 Å². The molecule has 1 rings (SSSR count). The van der Waals surface area contributed by atoms with Crippen molar-refractivity contribution in [3.05, 3.63) is 0 Å². The highest BCUT2D eigenvalue weighted by Crippen LogP contribution is 2.40. The Morgan fingerprint density at radius 1 is 1.20 bits per heavy atom. The Morgan fingerprint density at radius 3 is 2.33 bits per heavy atom. The minimum Gasteiger partial charge on any atom is -0.232 e. The summed E-state index contributed by atoms with van der Waals surface area (Å²) < 4.78 is 0. The van der Waals surface area contributed by atoms with Gasteiger partial charge in [-0.15, -0.1) is 0 Å². The summed E-state index contributed by atoms with van der Waals surface area (Å²) in [5, 5.41) is 0. The maximum atomic E-state index is 5.63. The summed E-state index contributed by atoms with van der Waals surface area (Å²) in [6, 6.07) is 0. The third-order valence-corrected chi connectivity index (χ3v) is 3.18. The van der Waals surface area contributed by atoms with Gasteiger partial charge in [0.1, 0.15) is 0 Å². The Balaban J connectivity index is 2.50. The number of rotatable bonds is 2. The Kier molecular flexibility index (Phi) is 3.83. The molecule has 2 nitrogen and oxygen atoms in total. The van der Waals surface area contributed by atoms with E-state index in [2.05, 4.69) is 20.8 Å². The summed E-state index contributed by atoms with van der Waals surface area (Å²) >= 11 is 0. The van der Waals surface area contributed by atoms with Gasteiger partial charge in [0.05, 0.1) is 11.7 Å². The average Bonchev–Trinajstić information content (AvgIpc) is 2.05. The summed E-state index contributed by atoms with van der Waals surface area (Å²) in [6.45, 7) is 12.9. The molecule has 0 saturated heterocycles. The van der Waals surface area contributed by atoms with E-state index >= 15 is 0 Å². The summed E-state index contributed by atoms with van der Waals surface area (Å²) in [5.74, 6) is 0.756.